The Bertz CT molecular complexity index is 345. The molecule has 1 unspecified atom stereocenters. The van der Waals surface area contributed by atoms with E-state index in [1.165, 1.54) is 31.4 Å². The Balaban J connectivity index is 2.15. The largest absolute Gasteiger partial charge is 0.363 e. The zero-order valence-corrected chi connectivity index (χ0v) is 11.2. The first-order chi connectivity index (χ1) is 8.22. The summed E-state index contributed by atoms with van der Waals surface area (Å²) in [5.74, 6) is 1.03. The maximum absolute atomic E-state index is 4.52. The van der Waals surface area contributed by atoms with Crippen LogP contribution < -0.4 is 4.90 Å². The van der Waals surface area contributed by atoms with Crippen LogP contribution in [0.3, 0.4) is 0 Å². The van der Waals surface area contributed by atoms with E-state index in [9.17, 15) is 0 Å². The van der Waals surface area contributed by atoms with Crippen molar-refractivity contribution in [2.24, 2.45) is 0 Å². The van der Waals surface area contributed by atoms with Gasteiger partial charge in [0.25, 0.3) is 0 Å². The number of piperidine rings is 1. The highest BCUT2D eigenvalue weighted by molar-refractivity contribution is 5.37. The molecule has 94 valence electrons. The van der Waals surface area contributed by atoms with Crippen molar-refractivity contribution in [1.29, 1.82) is 0 Å². The minimum Gasteiger partial charge on any atom is -0.363 e. The second-order valence-electron chi connectivity index (χ2n) is 4.98. The molecule has 17 heavy (non-hydrogen) atoms. The summed E-state index contributed by atoms with van der Waals surface area (Å²) in [5, 5.41) is 0. The highest BCUT2D eigenvalue weighted by Gasteiger charge is 2.22. The van der Waals surface area contributed by atoms with Gasteiger partial charge in [-0.2, -0.15) is 0 Å². The fraction of sp³-hybridized carbons (Fsp3) is 0.643. The molecule has 0 radical (unpaired) electrons. The second kappa shape index (κ2) is 5.50. The average Bonchev–Trinajstić information content (AvgIpc) is 2.39. The van der Waals surface area contributed by atoms with Gasteiger partial charge in [-0.1, -0.05) is 19.4 Å². The Hall–Kier alpha value is -1.09. The van der Waals surface area contributed by atoms with E-state index in [-0.39, 0.29) is 0 Å². The molecule has 3 heteroatoms. The number of hydrogen-bond donors (Lipinski definition) is 0. The summed E-state index contributed by atoms with van der Waals surface area (Å²) in [6.07, 6.45) is 6.01. The molecule has 0 spiro atoms. The highest BCUT2D eigenvalue weighted by Crippen LogP contribution is 2.30. The van der Waals surface area contributed by atoms with Crippen molar-refractivity contribution in [3.05, 3.63) is 23.9 Å². The first-order valence-corrected chi connectivity index (χ1v) is 6.59. The van der Waals surface area contributed by atoms with Gasteiger partial charge in [-0.15, -0.1) is 0 Å². The van der Waals surface area contributed by atoms with Crippen molar-refractivity contribution in [1.82, 2.24) is 9.88 Å². The number of aromatic nitrogens is 1. The Kier molecular flexibility index (Phi) is 4.00. The van der Waals surface area contributed by atoms with Gasteiger partial charge >= 0.3 is 0 Å². The Labute approximate surface area is 104 Å². The van der Waals surface area contributed by atoms with Gasteiger partial charge in [-0.3, -0.25) is 4.90 Å². The van der Waals surface area contributed by atoms with Gasteiger partial charge in [0.05, 0.1) is 0 Å². The lowest BCUT2D eigenvalue weighted by molar-refractivity contribution is 0.157. The monoisotopic (exact) mass is 233 g/mol. The summed E-state index contributed by atoms with van der Waals surface area (Å²) in [6, 6.07) is 4.94. The van der Waals surface area contributed by atoms with Gasteiger partial charge in [-0.25, -0.2) is 4.98 Å². The van der Waals surface area contributed by atoms with Gasteiger partial charge in [0, 0.05) is 26.3 Å². The zero-order chi connectivity index (χ0) is 12.3. The standard InChI is InChI=1S/C14H23N3/c1-4-17-10-6-5-7-13(17)12-8-9-14(15-11-12)16(2)3/h8-9,11,13H,4-7,10H2,1-3H3. The van der Waals surface area contributed by atoms with E-state index in [2.05, 4.69) is 28.9 Å². The minimum absolute atomic E-state index is 0.581. The fourth-order valence-electron chi connectivity index (χ4n) is 2.61. The molecule has 0 amide bonds. The highest BCUT2D eigenvalue weighted by atomic mass is 15.2. The SMILES string of the molecule is CCN1CCCCC1c1ccc(N(C)C)nc1. The summed E-state index contributed by atoms with van der Waals surface area (Å²) in [7, 11) is 4.06. The van der Waals surface area contributed by atoms with E-state index in [4.69, 9.17) is 0 Å². The molecule has 1 aliphatic heterocycles. The van der Waals surface area contributed by atoms with Crippen LogP contribution in [0, 0.1) is 0 Å². The number of hydrogen-bond acceptors (Lipinski definition) is 3. The Morgan fingerprint density at radius 2 is 2.18 bits per heavy atom. The third-order valence-corrected chi connectivity index (χ3v) is 3.63. The molecule has 1 fully saturated rings. The van der Waals surface area contributed by atoms with Gasteiger partial charge in [0.1, 0.15) is 5.82 Å². The lowest BCUT2D eigenvalue weighted by Gasteiger charge is -2.35. The van der Waals surface area contributed by atoms with Crippen LogP contribution in [-0.4, -0.2) is 37.1 Å². The van der Waals surface area contributed by atoms with Crippen molar-refractivity contribution < 1.29 is 0 Å². The molecule has 1 atom stereocenters. The van der Waals surface area contributed by atoms with Crippen molar-refractivity contribution >= 4 is 5.82 Å². The van der Waals surface area contributed by atoms with E-state index in [0.717, 1.165) is 12.4 Å². The van der Waals surface area contributed by atoms with Crippen LogP contribution >= 0.6 is 0 Å². The second-order valence-corrected chi connectivity index (χ2v) is 4.98. The summed E-state index contributed by atoms with van der Waals surface area (Å²) in [6.45, 7) is 4.62. The molecule has 3 nitrogen and oxygen atoms in total. The van der Waals surface area contributed by atoms with Crippen molar-refractivity contribution in [3.8, 4) is 0 Å². The maximum Gasteiger partial charge on any atom is 0.127 e. The van der Waals surface area contributed by atoms with E-state index in [0.29, 0.717) is 6.04 Å². The van der Waals surface area contributed by atoms with Crippen LogP contribution in [0.25, 0.3) is 0 Å². The number of rotatable bonds is 3. The summed E-state index contributed by atoms with van der Waals surface area (Å²) in [4.78, 5) is 9.13. The Morgan fingerprint density at radius 3 is 2.76 bits per heavy atom. The molecule has 0 bridgehead atoms. The van der Waals surface area contributed by atoms with Crippen molar-refractivity contribution in [2.75, 3.05) is 32.1 Å². The molecule has 1 aromatic heterocycles. The molecule has 0 aliphatic carbocycles. The molecule has 2 heterocycles. The van der Waals surface area contributed by atoms with Crippen LogP contribution in [0.2, 0.25) is 0 Å². The predicted octanol–water partition coefficient (Wildman–Crippen LogP) is 2.69. The van der Waals surface area contributed by atoms with Crippen LogP contribution in [0.4, 0.5) is 5.82 Å². The number of likely N-dealkylation sites (tertiary alicyclic amines) is 1. The van der Waals surface area contributed by atoms with Gasteiger partial charge in [0.2, 0.25) is 0 Å². The van der Waals surface area contributed by atoms with Crippen LogP contribution in [0.15, 0.2) is 18.3 Å². The third kappa shape index (κ3) is 2.78. The quantitative estimate of drug-likeness (QED) is 0.800. The van der Waals surface area contributed by atoms with E-state index < -0.39 is 0 Å². The van der Waals surface area contributed by atoms with E-state index in [1.807, 2.05) is 25.2 Å². The summed E-state index contributed by atoms with van der Waals surface area (Å²) in [5.41, 5.74) is 1.37. The van der Waals surface area contributed by atoms with Crippen LogP contribution in [0.1, 0.15) is 37.8 Å². The first-order valence-electron chi connectivity index (χ1n) is 6.59. The van der Waals surface area contributed by atoms with Crippen LogP contribution in [0.5, 0.6) is 0 Å². The van der Waals surface area contributed by atoms with Gasteiger partial charge in [-0.05, 0) is 37.6 Å². The normalized spacial score (nSPS) is 21.5. The molecule has 0 N–H and O–H groups in total. The smallest absolute Gasteiger partial charge is 0.127 e. The third-order valence-electron chi connectivity index (χ3n) is 3.63. The first kappa shape index (κ1) is 12.4. The zero-order valence-electron chi connectivity index (χ0n) is 11.2. The minimum atomic E-state index is 0.581. The number of pyridine rings is 1. The van der Waals surface area contributed by atoms with Gasteiger partial charge in [0.15, 0.2) is 0 Å². The predicted molar refractivity (Wildman–Crippen MR) is 72.4 cm³/mol. The fourth-order valence-corrected chi connectivity index (χ4v) is 2.61. The molecule has 1 aromatic rings. The molecule has 1 aliphatic rings. The maximum atomic E-state index is 4.52. The molecule has 1 saturated heterocycles. The lowest BCUT2D eigenvalue weighted by atomic mass is 9.96. The van der Waals surface area contributed by atoms with Gasteiger partial charge < -0.3 is 4.90 Å². The molecular weight excluding hydrogens is 210 g/mol. The molecular formula is C14H23N3. The van der Waals surface area contributed by atoms with Crippen molar-refractivity contribution in [3.63, 3.8) is 0 Å². The summed E-state index contributed by atoms with van der Waals surface area (Å²) < 4.78 is 0. The van der Waals surface area contributed by atoms with E-state index in [1.54, 1.807) is 0 Å². The number of anilines is 1. The summed E-state index contributed by atoms with van der Waals surface area (Å²) >= 11 is 0. The Morgan fingerprint density at radius 1 is 1.35 bits per heavy atom. The van der Waals surface area contributed by atoms with Crippen LogP contribution in [-0.2, 0) is 0 Å². The molecule has 0 saturated carbocycles. The average molecular weight is 233 g/mol. The van der Waals surface area contributed by atoms with E-state index >= 15 is 0 Å². The molecule has 2 rings (SSSR count). The topological polar surface area (TPSA) is 19.4 Å². The lowest BCUT2D eigenvalue weighted by Crippen LogP contribution is -2.33. The number of nitrogens with zero attached hydrogens (tertiary/aromatic N) is 3. The molecule has 0 aromatic carbocycles. The van der Waals surface area contributed by atoms with Crippen molar-refractivity contribution in [2.45, 2.75) is 32.2 Å².